The number of anilines is 1. The number of hydrogen-bond donors (Lipinski definition) is 3. The highest BCUT2D eigenvalue weighted by atomic mass is 16.5. The molecular weight excluding hydrogens is 356 g/mol. The quantitative estimate of drug-likeness (QED) is 0.670. The van der Waals surface area contributed by atoms with E-state index in [0.717, 1.165) is 30.9 Å². The summed E-state index contributed by atoms with van der Waals surface area (Å²) in [6.45, 7) is 3.38. The van der Waals surface area contributed by atoms with Gasteiger partial charge in [0.2, 0.25) is 0 Å². The van der Waals surface area contributed by atoms with Gasteiger partial charge in [0, 0.05) is 42.2 Å². The topological polar surface area (TPSA) is 76.4 Å². The molecule has 1 aromatic carbocycles. The SMILES string of the molecule is CC[C@]12C=CCN3CC[C@@]4(c5ccc(OC)cc5N(C)[C@H]4C(O)(CO)[C@@H]1O)C32. The summed E-state index contributed by atoms with van der Waals surface area (Å²) in [4.78, 5) is 4.53. The lowest BCUT2D eigenvalue weighted by atomic mass is 9.48. The van der Waals surface area contributed by atoms with Gasteiger partial charge < -0.3 is 25.0 Å². The summed E-state index contributed by atoms with van der Waals surface area (Å²) >= 11 is 0. The Bertz CT molecular complexity index is 844. The number of methoxy groups -OCH3 is 1. The summed E-state index contributed by atoms with van der Waals surface area (Å²) in [5.41, 5.74) is -0.351. The van der Waals surface area contributed by atoms with E-state index in [4.69, 9.17) is 4.74 Å². The normalized spacial score (nSPS) is 43.6. The third-order valence-corrected chi connectivity index (χ3v) is 8.23. The van der Waals surface area contributed by atoms with Gasteiger partial charge in [0.1, 0.15) is 11.4 Å². The maximum atomic E-state index is 11.8. The van der Waals surface area contributed by atoms with Crippen LogP contribution in [0.1, 0.15) is 25.3 Å². The fraction of sp³-hybridized carbons (Fsp3) is 0.636. The predicted octanol–water partition coefficient (Wildman–Crippen LogP) is 0.890. The first-order valence-electron chi connectivity index (χ1n) is 10.2. The van der Waals surface area contributed by atoms with Gasteiger partial charge in [0.25, 0.3) is 0 Å². The number of benzene rings is 1. The third kappa shape index (κ3) is 1.79. The van der Waals surface area contributed by atoms with Gasteiger partial charge in [0.15, 0.2) is 0 Å². The van der Waals surface area contributed by atoms with E-state index < -0.39 is 29.8 Å². The zero-order valence-corrected chi connectivity index (χ0v) is 16.8. The molecule has 6 atom stereocenters. The number of ether oxygens (including phenoxy) is 1. The van der Waals surface area contributed by atoms with Crippen molar-refractivity contribution >= 4 is 5.69 Å². The molecule has 0 amide bonds. The molecule has 28 heavy (non-hydrogen) atoms. The number of rotatable bonds is 3. The second kappa shape index (κ2) is 5.72. The Kier molecular flexibility index (Phi) is 3.77. The minimum atomic E-state index is -1.62. The Morgan fingerprint density at radius 2 is 2.07 bits per heavy atom. The molecule has 1 aromatic rings. The lowest BCUT2D eigenvalue weighted by molar-refractivity contribution is -0.213. The largest absolute Gasteiger partial charge is 0.497 e. The van der Waals surface area contributed by atoms with Crippen LogP contribution < -0.4 is 9.64 Å². The second-order valence-electron chi connectivity index (χ2n) is 9.00. The van der Waals surface area contributed by atoms with E-state index in [9.17, 15) is 15.3 Å². The molecule has 0 radical (unpaired) electrons. The lowest BCUT2D eigenvalue weighted by Gasteiger charge is -2.63. The van der Waals surface area contributed by atoms with Crippen LogP contribution in [0.25, 0.3) is 0 Å². The molecule has 3 N–H and O–H groups in total. The van der Waals surface area contributed by atoms with Crippen LogP contribution in [-0.4, -0.2) is 77.9 Å². The highest BCUT2D eigenvalue weighted by Crippen LogP contribution is 2.66. The predicted molar refractivity (Wildman–Crippen MR) is 107 cm³/mol. The van der Waals surface area contributed by atoms with Crippen molar-refractivity contribution in [3.05, 3.63) is 35.9 Å². The van der Waals surface area contributed by atoms with Gasteiger partial charge in [-0.05, 0) is 31.0 Å². The molecule has 0 bridgehead atoms. The minimum absolute atomic E-state index is 0.0823. The van der Waals surface area contributed by atoms with Gasteiger partial charge in [-0.3, -0.25) is 4.90 Å². The van der Waals surface area contributed by atoms with Crippen molar-refractivity contribution in [3.63, 3.8) is 0 Å². The van der Waals surface area contributed by atoms with Crippen molar-refractivity contribution < 1.29 is 20.1 Å². The standard InChI is InChI=1S/C22H30N2O4/c1-4-20-8-5-10-24-11-9-21(17(20)24)15-7-6-14(28-3)12-16(15)23(2)18(21)22(27,13-25)19(20)26/h5-8,12,17-19,25-27H,4,9-11,13H2,1-3H3/t17?,18-,19-,20-,21-,22?/m1/s1. The molecule has 2 unspecified atom stereocenters. The number of hydrogen-bond acceptors (Lipinski definition) is 6. The molecule has 152 valence electrons. The molecule has 0 aromatic heterocycles. The zero-order valence-electron chi connectivity index (χ0n) is 16.8. The van der Waals surface area contributed by atoms with Crippen LogP contribution in [0.3, 0.4) is 0 Å². The molecule has 1 saturated carbocycles. The summed E-state index contributed by atoms with van der Waals surface area (Å²) in [6.07, 6.45) is 4.79. The molecule has 4 aliphatic rings. The van der Waals surface area contributed by atoms with Gasteiger partial charge in [-0.2, -0.15) is 0 Å². The van der Waals surface area contributed by atoms with Crippen molar-refractivity contribution in [1.29, 1.82) is 0 Å². The molecule has 1 saturated heterocycles. The number of aliphatic hydroxyl groups is 3. The first kappa shape index (κ1) is 18.4. The summed E-state index contributed by atoms with van der Waals surface area (Å²) in [7, 11) is 3.62. The van der Waals surface area contributed by atoms with Crippen molar-refractivity contribution in [2.24, 2.45) is 5.41 Å². The van der Waals surface area contributed by atoms with Crippen LogP contribution >= 0.6 is 0 Å². The van der Waals surface area contributed by atoms with E-state index in [1.807, 2.05) is 19.2 Å². The van der Waals surface area contributed by atoms with E-state index in [1.54, 1.807) is 7.11 Å². The zero-order chi connectivity index (χ0) is 19.9. The fourth-order valence-corrected chi connectivity index (χ4v) is 7.27. The summed E-state index contributed by atoms with van der Waals surface area (Å²) < 4.78 is 5.46. The maximum Gasteiger partial charge on any atom is 0.135 e. The van der Waals surface area contributed by atoms with Gasteiger partial charge in [-0.25, -0.2) is 0 Å². The second-order valence-corrected chi connectivity index (χ2v) is 9.00. The Hall–Kier alpha value is -1.60. The van der Waals surface area contributed by atoms with E-state index in [-0.39, 0.29) is 11.5 Å². The summed E-state index contributed by atoms with van der Waals surface area (Å²) in [5.74, 6) is 0.772. The highest BCUT2D eigenvalue weighted by molar-refractivity contribution is 5.70. The molecule has 3 heterocycles. The van der Waals surface area contributed by atoms with Crippen molar-refractivity contribution in [2.75, 3.05) is 38.8 Å². The number of aliphatic hydroxyl groups excluding tert-OH is 2. The molecule has 2 fully saturated rings. The lowest BCUT2D eigenvalue weighted by Crippen LogP contribution is -2.79. The molecule has 6 nitrogen and oxygen atoms in total. The van der Waals surface area contributed by atoms with Gasteiger partial charge in [-0.15, -0.1) is 0 Å². The van der Waals surface area contributed by atoms with Crippen LogP contribution in [0.4, 0.5) is 5.69 Å². The van der Waals surface area contributed by atoms with Gasteiger partial charge >= 0.3 is 0 Å². The minimum Gasteiger partial charge on any atom is -0.497 e. The number of nitrogens with zero attached hydrogens (tertiary/aromatic N) is 2. The average Bonchev–Trinajstić information content (AvgIpc) is 3.23. The van der Waals surface area contributed by atoms with E-state index in [2.05, 4.69) is 34.9 Å². The number of fused-ring (bicyclic) bond motifs is 1. The molecular formula is C22H30N2O4. The van der Waals surface area contributed by atoms with E-state index in [1.165, 1.54) is 5.56 Å². The van der Waals surface area contributed by atoms with Crippen molar-refractivity contribution in [1.82, 2.24) is 4.90 Å². The molecule has 1 aliphatic carbocycles. The van der Waals surface area contributed by atoms with Crippen LogP contribution in [-0.2, 0) is 5.41 Å². The van der Waals surface area contributed by atoms with E-state index >= 15 is 0 Å². The molecule has 1 spiro atoms. The van der Waals surface area contributed by atoms with Crippen LogP contribution in [0.2, 0.25) is 0 Å². The molecule has 3 aliphatic heterocycles. The maximum absolute atomic E-state index is 11.8. The van der Waals surface area contributed by atoms with Crippen LogP contribution in [0.5, 0.6) is 5.75 Å². The Labute approximate surface area is 166 Å². The van der Waals surface area contributed by atoms with Crippen LogP contribution in [0, 0.1) is 5.41 Å². The van der Waals surface area contributed by atoms with E-state index in [0.29, 0.717) is 6.42 Å². The Balaban J connectivity index is 1.83. The van der Waals surface area contributed by atoms with Crippen molar-refractivity contribution in [3.8, 4) is 5.75 Å². The number of likely N-dealkylation sites (N-methyl/N-ethyl adjacent to an activating group) is 1. The molecule has 5 rings (SSSR count). The van der Waals surface area contributed by atoms with Crippen LogP contribution in [0.15, 0.2) is 30.4 Å². The first-order valence-corrected chi connectivity index (χ1v) is 10.2. The van der Waals surface area contributed by atoms with Gasteiger partial charge in [-0.1, -0.05) is 25.1 Å². The van der Waals surface area contributed by atoms with Gasteiger partial charge in [0.05, 0.1) is 25.9 Å². The molecule has 6 heteroatoms. The fourth-order valence-electron chi connectivity index (χ4n) is 7.27. The smallest absolute Gasteiger partial charge is 0.135 e. The Morgan fingerprint density at radius 3 is 2.75 bits per heavy atom. The first-order chi connectivity index (χ1) is 13.4. The summed E-state index contributed by atoms with van der Waals surface area (Å²) in [6, 6.07) is 5.81. The summed E-state index contributed by atoms with van der Waals surface area (Å²) in [5, 5.41) is 33.7. The average molecular weight is 386 g/mol. The van der Waals surface area contributed by atoms with Crippen molar-refractivity contribution in [2.45, 2.75) is 49.0 Å². The third-order valence-electron chi connectivity index (χ3n) is 8.23. The monoisotopic (exact) mass is 386 g/mol. The highest BCUT2D eigenvalue weighted by Gasteiger charge is 2.76. The Morgan fingerprint density at radius 1 is 1.29 bits per heavy atom.